The molecule has 0 aliphatic carbocycles. The first kappa shape index (κ1) is 16.3. The molecule has 5 heteroatoms. The van der Waals surface area contributed by atoms with Crippen molar-refractivity contribution in [3.05, 3.63) is 83.2 Å². The van der Waals surface area contributed by atoms with Crippen LogP contribution in [0.15, 0.2) is 60.8 Å². The van der Waals surface area contributed by atoms with Gasteiger partial charge in [0.25, 0.3) is 0 Å². The summed E-state index contributed by atoms with van der Waals surface area (Å²) in [5.74, 6) is 0. The van der Waals surface area contributed by atoms with E-state index in [0.717, 1.165) is 22.2 Å². The van der Waals surface area contributed by atoms with Crippen LogP contribution in [-0.2, 0) is 19.0 Å². The van der Waals surface area contributed by atoms with Gasteiger partial charge in [-0.15, -0.1) is 0 Å². The number of benzene rings is 2. The highest BCUT2D eigenvalue weighted by atomic mass is 19.4. The molecule has 3 rings (SSSR count). The number of hydrogen-bond donors (Lipinski definition) is 0. The number of aryl methyl sites for hydroxylation is 1. The molecule has 124 valence electrons. The molecule has 0 N–H and O–H groups in total. The predicted octanol–water partition coefficient (Wildman–Crippen LogP) is 5.04. The minimum atomic E-state index is -4.47. The zero-order valence-electron chi connectivity index (χ0n) is 13.2. The zero-order chi connectivity index (χ0) is 17.2. The molecule has 0 spiro atoms. The van der Waals surface area contributed by atoms with Crippen LogP contribution in [0.2, 0.25) is 0 Å². The minimum absolute atomic E-state index is 0.176. The van der Waals surface area contributed by atoms with Gasteiger partial charge >= 0.3 is 6.18 Å². The van der Waals surface area contributed by atoms with E-state index in [0.29, 0.717) is 5.69 Å². The van der Waals surface area contributed by atoms with E-state index < -0.39 is 11.9 Å². The Morgan fingerprint density at radius 2 is 1.54 bits per heavy atom. The molecule has 0 saturated carbocycles. The van der Waals surface area contributed by atoms with Crippen LogP contribution in [0.1, 0.15) is 29.3 Å². The van der Waals surface area contributed by atoms with E-state index in [-0.39, 0.29) is 12.0 Å². The highest BCUT2D eigenvalue weighted by molar-refractivity contribution is 5.38. The van der Waals surface area contributed by atoms with Gasteiger partial charge in [-0.2, -0.15) is 18.3 Å². The molecular formula is C19H17F3N2. The van der Waals surface area contributed by atoms with Crippen LogP contribution in [0.3, 0.4) is 0 Å². The Labute approximate surface area is 138 Å². The molecule has 2 nitrogen and oxygen atoms in total. The third kappa shape index (κ3) is 3.35. The molecular weight excluding hydrogens is 313 g/mol. The SMILES string of the molecule is CCc1ccc(Cc2cnn(-c3ccccc3)c2C(F)(F)F)cc1. The molecule has 1 aromatic heterocycles. The van der Waals surface area contributed by atoms with Crippen molar-refractivity contribution in [3.8, 4) is 5.69 Å². The van der Waals surface area contributed by atoms with Gasteiger partial charge < -0.3 is 0 Å². The number of aromatic nitrogens is 2. The molecule has 24 heavy (non-hydrogen) atoms. The Bertz CT molecular complexity index is 803. The van der Waals surface area contributed by atoms with Crippen molar-refractivity contribution in [1.29, 1.82) is 0 Å². The monoisotopic (exact) mass is 330 g/mol. The summed E-state index contributed by atoms with van der Waals surface area (Å²) in [4.78, 5) is 0. The van der Waals surface area contributed by atoms with E-state index in [4.69, 9.17) is 0 Å². The maximum absolute atomic E-state index is 13.6. The predicted molar refractivity (Wildman–Crippen MR) is 87.2 cm³/mol. The average Bonchev–Trinajstić information content (AvgIpc) is 3.00. The van der Waals surface area contributed by atoms with Crippen LogP contribution in [0, 0.1) is 0 Å². The van der Waals surface area contributed by atoms with Gasteiger partial charge in [-0.05, 0) is 29.7 Å². The lowest BCUT2D eigenvalue weighted by atomic mass is 10.0. The first-order chi connectivity index (χ1) is 11.5. The Kier molecular flexibility index (Phi) is 4.42. The third-order valence-electron chi connectivity index (χ3n) is 3.94. The third-order valence-corrected chi connectivity index (χ3v) is 3.94. The second-order valence-corrected chi connectivity index (χ2v) is 5.61. The van der Waals surface area contributed by atoms with Gasteiger partial charge in [0.15, 0.2) is 5.69 Å². The number of alkyl halides is 3. The Morgan fingerprint density at radius 3 is 2.12 bits per heavy atom. The second-order valence-electron chi connectivity index (χ2n) is 5.61. The van der Waals surface area contributed by atoms with Crippen LogP contribution in [-0.4, -0.2) is 9.78 Å². The van der Waals surface area contributed by atoms with E-state index in [1.54, 1.807) is 30.3 Å². The first-order valence-electron chi connectivity index (χ1n) is 7.76. The quantitative estimate of drug-likeness (QED) is 0.655. The van der Waals surface area contributed by atoms with Crippen LogP contribution in [0.25, 0.3) is 5.69 Å². The molecule has 3 aromatic rings. The molecule has 0 fully saturated rings. The summed E-state index contributed by atoms with van der Waals surface area (Å²) >= 11 is 0. The summed E-state index contributed by atoms with van der Waals surface area (Å²) in [5.41, 5.74) is 1.86. The lowest BCUT2D eigenvalue weighted by molar-refractivity contribution is -0.143. The van der Waals surface area contributed by atoms with Crippen molar-refractivity contribution in [2.24, 2.45) is 0 Å². The summed E-state index contributed by atoms with van der Waals surface area (Å²) in [5, 5.41) is 3.98. The van der Waals surface area contributed by atoms with Gasteiger partial charge in [0.2, 0.25) is 0 Å². The minimum Gasteiger partial charge on any atom is -0.228 e. The van der Waals surface area contributed by atoms with Crippen molar-refractivity contribution in [2.45, 2.75) is 25.9 Å². The molecule has 0 atom stereocenters. The lowest BCUT2D eigenvalue weighted by Gasteiger charge is -2.13. The number of hydrogen-bond acceptors (Lipinski definition) is 1. The molecule has 0 bridgehead atoms. The van der Waals surface area contributed by atoms with E-state index in [1.165, 1.54) is 6.20 Å². The van der Waals surface area contributed by atoms with Gasteiger partial charge in [-0.25, -0.2) is 4.68 Å². The largest absolute Gasteiger partial charge is 0.433 e. The van der Waals surface area contributed by atoms with Crippen LogP contribution in [0.5, 0.6) is 0 Å². The maximum atomic E-state index is 13.6. The standard InChI is InChI=1S/C19H17F3N2/c1-2-14-8-10-15(11-9-14)12-16-13-23-24(18(16)19(20,21)22)17-6-4-3-5-7-17/h3-11,13H,2,12H2,1H3. The Balaban J connectivity index is 2.00. The van der Waals surface area contributed by atoms with Crippen molar-refractivity contribution in [1.82, 2.24) is 9.78 Å². The van der Waals surface area contributed by atoms with Crippen LogP contribution in [0.4, 0.5) is 13.2 Å². The normalized spacial score (nSPS) is 11.7. The molecule has 0 amide bonds. The van der Waals surface area contributed by atoms with Gasteiger partial charge in [0.05, 0.1) is 11.9 Å². The molecule has 0 unspecified atom stereocenters. The summed E-state index contributed by atoms with van der Waals surface area (Å²) in [6.07, 6.45) is -2.06. The van der Waals surface area contributed by atoms with Crippen LogP contribution < -0.4 is 0 Å². The van der Waals surface area contributed by atoms with E-state index in [2.05, 4.69) is 5.10 Å². The summed E-state index contributed by atoms with van der Waals surface area (Å²) in [7, 11) is 0. The highest BCUT2D eigenvalue weighted by Crippen LogP contribution is 2.34. The fraction of sp³-hybridized carbons (Fsp3) is 0.211. The summed E-state index contributed by atoms with van der Waals surface area (Å²) in [6, 6.07) is 16.0. The summed E-state index contributed by atoms with van der Waals surface area (Å²) in [6.45, 7) is 2.04. The van der Waals surface area contributed by atoms with Crippen molar-refractivity contribution >= 4 is 0 Å². The van der Waals surface area contributed by atoms with E-state index in [1.807, 2.05) is 31.2 Å². The van der Waals surface area contributed by atoms with E-state index in [9.17, 15) is 13.2 Å². The number of para-hydroxylation sites is 1. The summed E-state index contributed by atoms with van der Waals surface area (Å²) < 4.78 is 41.7. The molecule has 0 aliphatic rings. The van der Waals surface area contributed by atoms with Gasteiger partial charge in [-0.1, -0.05) is 49.4 Å². The topological polar surface area (TPSA) is 17.8 Å². The number of halogens is 3. The molecule has 2 aromatic carbocycles. The molecule has 1 heterocycles. The smallest absolute Gasteiger partial charge is 0.228 e. The fourth-order valence-electron chi connectivity index (χ4n) is 2.69. The number of nitrogens with zero attached hydrogens (tertiary/aromatic N) is 2. The molecule has 0 radical (unpaired) electrons. The average molecular weight is 330 g/mol. The molecule has 0 saturated heterocycles. The van der Waals surface area contributed by atoms with E-state index >= 15 is 0 Å². The van der Waals surface area contributed by atoms with Gasteiger partial charge in [0, 0.05) is 12.0 Å². The lowest BCUT2D eigenvalue weighted by Crippen LogP contribution is -2.15. The van der Waals surface area contributed by atoms with Crippen molar-refractivity contribution in [2.75, 3.05) is 0 Å². The highest BCUT2D eigenvalue weighted by Gasteiger charge is 2.38. The van der Waals surface area contributed by atoms with Gasteiger partial charge in [0.1, 0.15) is 0 Å². The molecule has 0 aliphatic heterocycles. The van der Waals surface area contributed by atoms with Crippen LogP contribution >= 0.6 is 0 Å². The van der Waals surface area contributed by atoms with Crippen molar-refractivity contribution in [3.63, 3.8) is 0 Å². The van der Waals surface area contributed by atoms with Gasteiger partial charge in [-0.3, -0.25) is 0 Å². The Hall–Kier alpha value is -2.56. The zero-order valence-corrected chi connectivity index (χ0v) is 13.2. The Morgan fingerprint density at radius 1 is 0.917 bits per heavy atom. The number of rotatable bonds is 4. The maximum Gasteiger partial charge on any atom is 0.433 e. The second kappa shape index (κ2) is 6.51. The van der Waals surface area contributed by atoms with Crippen molar-refractivity contribution < 1.29 is 13.2 Å². The first-order valence-corrected chi connectivity index (χ1v) is 7.76. The fourth-order valence-corrected chi connectivity index (χ4v) is 2.69.